The molecule has 5 nitrogen and oxygen atoms in total. The lowest BCUT2D eigenvalue weighted by molar-refractivity contribution is -0.781. The number of fused-ring (bicyclic) bond motifs is 5. The quantitative estimate of drug-likeness (QED) is 0.375. The molecule has 0 aromatic heterocycles. The topological polar surface area (TPSA) is 69.4 Å². The Morgan fingerprint density at radius 3 is 2.77 bits per heavy atom. The van der Waals surface area contributed by atoms with Gasteiger partial charge in [-0.15, -0.1) is 10.1 Å². The lowest BCUT2D eigenvalue weighted by Gasteiger charge is -2.55. The summed E-state index contributed by atoms with van der Waals surface area (Å²) < 4.78 is 0. The normalized spacial score (nSPS) is 43.9. The third-order valence-corrected chi connectivity index (χ3v) is 8.10. The van der Waals surface area contributed by atoms with Gasteiger partial charge in [-0.3, -0.25) is 9.63 Å². The van der Waals surface area contributed by atoms with E-state index in [0.717, 1.165) is 38.5 Å². The first-order valence-corrected chi connectivity index (χ1v) is 10.4. The molecular weight excluding hydrogens is 398 g/mol. The molecule has 0 aliphatic heterocycles. The molecule has 3 fully saturated rings. The summed E-state index contributed by atoms with van der Waals surface area (Å²) in [5.41, 5.74) is 0.0549. The van der Waals surface area contributed by atoms with Gasteiger partial charge in [0, 0.05) is 27.8 Å². The number of rotatable bonds is 2. The van der Waals surface area contributed by atoms with E-state index in [1.54, 1.807) is 0 Å². The average Bonchev–Trinajstić information content (AvgIpc) is 2.86. The first-order valence-electron chi connectivity index (χ1n) is 9.60. The van der Waals surface area contributed by atoms with Gasteiger partial charge in [0.25, 0.3) is 5.09 Å². The molecule has 0 bridgehead atoms. The highest BCUT2D eigenvalue weighted by Gasteiger charge is 2.64. The van der Waals surface area contributed by atoms with Crippen LogP contribution in [0.25, 0.3) is 0 Å². The average molecular weight is 422 g/mol. The zero-order chi connectivity index (χ0) is 18.5. The van der Waals surface area contributed by atoms with Crippen molar-refractivity contribution in [2.45, 2.75) is 63.9 Å². The number of allylic oxidation sites excluding steroid dienone is 1. The molecular formula is C20H24BrNO4. The Hall–Kier alpha value is -1.35. The minimum atomic E-state index is -1.01. The second-order valence-electron chi connectivity index (χ2n) is 8.66. The molecule has 0 aromatic rings. The van der Waals surface area contributed by atoms with E-state index in [2.05, 4.69) is 33.6 Å². The number of halogens is 1. The lowest BCUT2D eigenvalue weighted by Crippen LogP contribution is -2.53. The molecule has 4 aliphatic rings. The molecule has 0 saturated heterocycles. The Morgan fingerprint density at radius 1 is 1.23 bits per heavy atom. The summed E-state index contributed by atoms with van der Waals surface area (Å²) in [4.78, 5) is 31.0. The first kappa shape index (κ1) is 18.0. The maximum atomic E-state index is 11.8. The van der Waals surface area contributed by atoms with Crippen LogP contribution in [0.4, 0.5) is 0 Å². The molecule has 26 heavy (non-hydrogen) atoms. The van der Waals surface area contributed by atoms with Crippen molar-refractivity contribution >= 4 is 21.7 Å². The van der Waals surface area contributed by atoms with Gasteiger partial charge in [-0.25, -0.2) is 0 Å². The van der Waals surface area contributed by atoms with Crippen LogP contribution in [-0.4, -0.2) is 16.5 Å². The Balaban J connectivity index is 1.66. The molecule has 6 heteroatoms. The van der Waals surface area contributed by atoms with E-state index in [4.69, 9.17) is 4.84 Å². The smallest absolute Gasteiger partial charge is 0.295 e. The van der Waals surface area contributed by atoms with Gasteiger partial charge in [0.1, 0.15) is 0 Å². The Labute approximate surface area is 162 Å². The summed E-state index contributed by atoms with van der Waals surface area (Å²) in [6, 6.07) is 0. The van der Waals surface area contributed by atoms with Gasteiger partial charge in [0.15, 0.2) is 11.4 Å². The van der Waals surface area contributed by atoms with E-state index >= 15 is 0 Å². The molecule has 0 aromatic carbocycles. The standard InChI is InChI=1S/C20H24BrNO4/c1-19-8-6-16-15-5-3-14(23)12-13(15)2-4-17(16)18(19)7-9-20(19,10-11-21)26-22(24)25/h12,15-18H,2-9H2,1H3/t15-,16+,17+,18-,19-,20+/m0/s1. The zero-order valence-corrected chi connectivity index (χ0v) is 16.6. The highest BCUT2D eigenvalue weighted by atomic mass is 79.9. The molecule has 3 saturated carbocycles. The van der Waals surface area contributed by atoms with Crippen LogP contribution in [0.2, 0.25) is 0 Å². The van der Waals surface area contributed by atoms with Gasteiger partial charge in [-0.2, -0.15) is 0 Å². The van der Waals surface area contributed by atoms with Gasteiger partial charge >= 0.3 is 0 Å². The molecule has 0 amide bonds. The Kier molecular flexibility index (Phi) is 4.42. The molecule has 0 heterocycles. The van der Waals surface area contributed by atoms with Gasteiger partial charge in [0.05, 0.1) is 0 Å². The second-order valence-corrected chi connectivity index (χ2v) is 9.06. The van der Waals surface area contributed by atoms with Gasteiger partial charge in [-0.1, -0.05) is 18.4 Å². The molecule has 0 spiro atoms. The third-order valence-electron chi connectivity index (χ3n) is 7.90. The van der Waals surface area contributed by atoms with E-state index in [1.165, 1.54) is 5.57 Å². The van der Waals surface area contributed by atoms with Crippen LogP contribution < -0.4 is 0 Å². The number of carbonyl (C=O) groups excluding carboxylic acids is 1. The van der Waals surface area contributed by atoms with Crippen LogP contribution in [-0.2, 0) is 9.63 Å². The third kappa shape index (κ3) is 2.54. The fourth-order valence-corrected chi connectivity index (χ4v) is 7.08. The molecule has 6 atom stereocenters. The van der Waals surface area contributed by atoms with Crippen molar-refractivity contribution < 1.29 is 14.7 Å². The molecule has 4 aliphatic carbocycles. The summed E-state index contributed by atoms with van der Waals surface area (Å²) in [6.07, 6.45) is 9.11. The Morgan fingerprint density at radius 2 is 2.04 bits per heavy atom. The maximum absolute atomic E-state index is 11.8. The van der Waals surface area contributed by atoms with Crippen molar-refractivity contribution in [2.75, 3.05) is 0 Å². The van der Waals surface area contributed by atoms with Crippen LogP contribution in [0.1, 0.15) is 58.3 Å². The van der Waals surface area contributed by atoms with E-state index in [9.17, 15) is 14.9 Å². The minimum absolute atomic E-state index is 0.280. The number of hydrogen-bond donors (Lipinski definition) is 0. The molecule has 0 N–H and O–H groups in total. The molecule has 140 valence electrons. The monoisotopic (exact) mass is 421 g/mol. The van der Waals surface area contributed by atoms with Crippen molar-refractivity contribution in [3.05, 3.63) is 21.8 Å². The van der Waals surface area contributed by atoms with Crippen molar-refractivity contribution in [3.63, 3.8) is 0 Å². The highest BCUT2D eigenvalue weighted by molar-refractivity contribution is 9.12. The van der Waals surface area contributed by atoms with E-state index < -0.39 is 10.7 Å². The molecule has 4 rings (SSSR count). The largest absolute Gasteiger partial charge is 0.296 e. The summed E-state index contributed by atoms with van der Waals surface area (Å²) in [7, 11) is 0. The fourth-order valence-electron chi connectivity index (χ4n) is 6.76. The van der Waals surface area contributed by atoms with Crippen molar-refractivity contribution in [2.24, 2.45) is 29.1 Å². The second kappa shape index (κ2) is 6.37. The predicted octanol–water partition coefficient (Wildman–Crippen LogP) is 4.43. The number of hydrogen-bond acceptors (Lipinski definition) is 4. The first-order chi connectivity index (χ1) is 12.4. The van der Waals surface area contributed by atoms with Gasteiger partial charge in [0.2, 0.25) is 0 Å². The summed E-state index contributed by atoms with van der Waals surface area (Å²) in [6.45, 7) is 2.15. The SMILES string of the molecule is C[C@]12CC[C@H]3[C@@H](CCC4=CC(=O)CC[C@@H]43)[C@@H]1CC[C@]2(C#CBr)O[N+](=O)[O-]. The van der Waals surface area contributed by atoms with Crippen LogP contribution in [0.15, 0.2) is 11.6 Å². The maximum Gasteiger partial charge on any atom is 0.296 e. The fraction of sp³-hybridized carbons (Fsp3) is 0.750. The van der Waals surface area contributed by atoms with Crippen LogP contribution in [0, 0.1) is 50.0 Å². The summed E-state index contributed by atoms with van der Waals surface area (Å²) in [5.74, 6) is 5.40. The Bertz CT molecular complexity index is 738. The number of carbonyl (C=O) groups is 1. The van der Waals surface area contributed by atoms with Crippen LogP contribution >= 0.6 is 15.9 Å². The van der Waals surface area contributed by atoms with Crippen molar-refractivity contribution in [3.8, 4) is 10.8 Å². The van der Waals surface area contributed by atoms with Crippen molar-refractivity contribution in [1.82, 2.24) is 0 Å². The van der Waals surface area contributed by atoms with Crippen LogP contribution in [0.3, 0.4) is 0 Å². The number of nitrogens with zero attached hydrogens (tertiary/aromatic N) is 1. The predicted molar refractivity (Wildman–Crippen MR) is 99.6 cm³/mol. The lowest BCUT2D eigenvalue weighted by atomic mass is 9.50. The van der Waals surface area contributed by atoms with Crippen LogP contribution in [0.5, 0.6) is 0 Å². The van der Waals surface area contributed by atoms with Crippen molar-refractivity contribution in [1.29, 1.82) is 0 Å². The molecule has 0 radical (unpaired) electrons. The van der Waals surface area contributed by atoms with Gasteiger partial charge in [-0.05, 0) is 79.5 Å². The highest BCUT2D eigenvalue weighted by Crippen LogP contribution is 2.65. The van der Waals surface area contributed by atoms with E-state index in [-0.39, 0.29) is 11.2 Å². The summed E-state index contributed by atoms with van der Waals surface area (Å²) in [5, 5.41) is 10.6. The summed E-state index contributed by atoms with van der Waals surface area (Å²) >= 11 is 3.14. The van der Waals surface area contributed by atoms with E-state index in [0.29, 0.717) is 36.5 Å². The van der Waals surface area contributed by atoms with Gasteiger partial charge < -0.3 is 0 Å². The van der Waals surface area contributed by atoms with E-state index in [1.807, 2.05) is 6.08 Å². The zero-order valence-electron chi connectivity index (χ0n) is 15.0. The molecule has 0 unspecified atom stereocenters. The number of ketones is 1. The minimum Gasteiger partial charge on any atom is -0.295 e.